The highest BCUT2D eigenvalue weighted by molar-refractivity contribution is 5.86. The SMILES string of the molecule is COc1ccc(Cn2cc([C@H](CC(=O)NCCN3CCCC3)c3ccc(F)cc3)c3ccccc32)cc1. The monoisotopic (exact) mass is 499 g/mol. The number of benzene rings is 3. The van der Waals surface area contributed by atoms with E-state index in [4.69, 9.17) is 4.74 Å². The van der Waals surface area contributed by atoms with Gasteiger partial charge in [0.25, 0.3) is 0 Å². The number of halogens is 1. The van der Waals surface area contributed by atoms with Gasteiger partial charge in [-0.1, -0.05) is 42.5 Å². The molecule has 1 amide bonds. The molecule has 0 unspecified atom stereocenters. The summed E-state index contributed by atoms with van der Waals surface area (Å²) in [6.07, 6.45) is 4.94. The molecule has 3 aromatic carbocycles. The number of amides is 1. The van der Waals surface area contributed by atoms with Crippen LogP contribution >= 0.6 is 0 Å². The van der Waals surface area contributed by atoms with E-state index in [0.29, 0.717) is 19.5 Å². The van der Waals surface area contributed by atoms with Crippen molar-refractivity contribution in [3.8, 4) is 5.75 Å². The average molecular weight is 500 g/mol. The molecule has 1 aromatic heterocycles. The highest BCUT2D eigenvalue weighted by Crippen LogP contribution is 2.35. The molecule has 6 heteroatoms. The average Bonchev–Trinajstić information content (AvgIpc) is 3.57. The Hall–Kier alpha value is -3.64. The molecule has 1 aliphatic heterocycles. The Kier molecular flexibility index (Phi) is 7.85. The van der Waals surface area contributed by atoms with Gasteiger partial charge in [-0.05, 0) is 73.0 Å². The molecule has 1 fully saturated rings. The smallest absolute Gasteiger partial charge is 0.220 e. The van der Waals surface area contributed by atoms with Crippen LogP contribution in [-0.2, 0) is 11.3 Å². The van der Waals surface area contributed by atoms with E-state index in [1.807, 2.05) is 24.3 Å². The molecule has 37 heavy (non-hydrogen) atoms. The van der Waals surface area contributed by atoms with Gasteiger partial charge >= 0.3 is 0 Å². The number of likely N-dealkylation sites (tertiary alicyclic amines) is 1. The molecule has 0 saturated carbocycles. The number of nitrogens with zero attached hydrogens (tertiary/aromatic N) is 2. The lowest BCUT2D eigenvalue weighted by molar-refractivity contribution is -0.121. The zero-order valence-corrected chi connectivity index (χ0v) is 21.3. The molecular formula is C31H34FN3O2. The summed E-state index contributed by atoms with van der Waals surface area (Å²) in [6, 6.07) is 22.9. The van der Waals surface area contributed by atoms with Crippen molar-refractivity contribution in [2.75, 3.05) is 33.3 Å². The number of para-hydroxylation sites is 1. The van der Waals surface area contributed by atoms with E-state index in [1.165, 1.54) is 25.0 Å². The lowest BCUT2D eigenvalue weighted by Crippen LogP contribution is -2.34. The number of fused-ring (bicyclic) bond motifs is 1. The number of carbonyl (C=O) groups is 1. The van der Waals surface area contributed by atoms with Gasteiger partial charge in [-0.25, -0.2) is 4.39 Å². The van der Waals surface area contributed by atoms with Gasteiger partial charge in [0, 0.05) is 49.1 Å². The first-order valence-electron chi connectivity index (χ1n) is 13.1. The van der Waals surface area contributed by atoms with E-state index >= 15 is 0 Å². The summed E-state index contributed by atoms with van der Waals surface area (Å²) in [6.45, 7) is 4.45. The fourth-order valence-corrected chi connectivity index (χ4v) is 5.33. The fraction of sp³-hybridized carbons (Fsp3) is 0.323. The number of methoxy groups -OCH3 is 1. The maximum Gasteiger partial charge on any atom is 0.220 e. The van der Waals surface area contributed by atoms with Crippen molar-refractivity contribution < 1.29 is 13.9 Å². The van der Waals surface area contributed by atoms with Crippen LogP contribution in [0.4, 0.5) is 4.39 Å². The third kappa shape index (κ3) is 6.03. The van der Waals surface area contributed by atoms with Crippen molar-refractivity contribution in [2.24, 2.45) is 0 Å². The second-order valence-electron chi connectivity index (χ2n) is 9.78. The van der Waals surface area contributed by atoms with E-state index in [-0.39, 0.29) is 17.6 Å². The molecule has 192 valence electrons. The maximum absolute atomic E-state index is 13.8. The minimum absolute atomic E-state index is 0.0144. The van der Waals surface area contributed by atoms with Crippen LogP contribution in [0.25, 0.3) is 10.9 Å². The van der Waals surface area contributed by atoms with Crippen LogP contribution in [0.3, 0.4) is 0 Å². The molecule has 4 aromatic rings. The molecular weight excluding hydrogens is 465 g/mol. The van der Waals surface area contributed by atoms with Gasteiger partial charge in [0.1, 0.15) is 11.6 Å². The van der Waals surface area contributed by atoms with Crippen LogP contribution in [0.5, 0.6) is 5.75 Å². The van der Waals surface area contributed by atoms with Crippen molar-refractivity contribution in [1.82, 2.24) is 14.8 Å². The Morgan fingerprint density at radius 1 is 1.00 bits per heavy atom. The Morgan fingerprint density at radius 2 is 1.73 bits per heavy atom. The summed E-state index contributed by atoms with van der Waals surface area (Å²) < 4.78 is 21.3. The minimum atomic E-state index is -0.278. The van der Waals surface area contributed by atoms with Gasteiger partial charge < -0.3 is 19.5 Å². The largest absolute Gasteiger partial charge is 0.497 e. The van der Waals surface area contributed by atoms with Crippen LogP contribution < -0.4 is 10.1 Å². The predicted molar refractivity (Wildman–Crippen MR) is 146 cm³/mol. The number of nitrogens with one attached hydrogen (secondary N) is 1. The third-order valence-corrected chi connectivity index (χ3v) is 7.32. The molecule has 1 N–H and O–H groups in total. The summed E-state index contributed by atoms with van der Waals surface area (Å²) >= 11 is 0. The first kappa shape index (κ1) is 25.0. The van der Waals surface area contributed by atoms with E-state index in [1.54, 1.807) is 19.2 Å². The molecule has 1 atom stereocenters. The van der Waals surface area contributed by atoms with Gasteiger partial charge in [-0.2, -0.15) is 0 Å². The number of aromatic nitrogens is 1. The van der Waals surface area contributed by atoms with Crippen LogP contribution in [0, 0.1) is 5.82 Å². The Labute approximate surface area is 217 Å². The van der Waals surface area contributed by atoms with Gasteiger partial charge in [0.15, 0.2) is 0 Å². The quantitative estimate of drug-likeness (QED) is 0.310. The lowest BCUT2D eigenvalue weighted by Gasteiger charge is -2.19. The Morgan fingerprint density at radius 3 is 2.46 bits per heavy atom. The van der Waals surface area contributed by atoms with Crippen LogP contribution in [-0.4, -0.2) is 48.7 Å². The summed E-state index contributed by atoms with van der Waals surface area (Å²) in [5, 5.41) is 4.23. The molecule has 0 bridgehead atoms. The normalized spacial score (nSPS) is 14.6. The summed E-state index contributed by atoms with van der Waals surface area (Å²) in [5.41, 5.74) is 4.27. The fourth-order valence-electron chi connectivity index (χ4n) is 5.33. The second-order valence-corrected chi connectivity index (χ2v) is 9.78. The summed E-state index contributed by atoms with van der Waals surface area (Å²) in [7, 11) is 1.67. The third-order valence-electron chi connectivity index (χ3n) is 7.32. The lowest BCUT2D eigenvalue weighted by atomic mass is 9.88. The molecule has 0 spiro atoms. The molecule has 1 saturated heterocycles. The van der Waals surface area contributed by atoms with Gasteiger partial charge in [-0.3, -0.25) is 4.79 Å². The van der Waals surface area contributed by atoms with Crippen molar-refractivity contribution >= 4 is 16.8 Å². The molecule has 0 radical (unpaired) electrons. The highest BCUT2D eigenvalue weighted by Gasteiger charge is 2.23. The van der Waals surface area contributed by atoms with E-state index < -0.39 is 0 Å². The van der Waals surface area contributed by atoms with E-state index in [0.717, 1.165) is 53.0 Å². The molecule has 5 nitrogen and oxygen atoms in total. The summed E-state index contributed by atoms with van der Waals surface area (Å²) in [4.78, 5) is 15.5. The number of hydrogen-bond donors (Lipinski definition) is 1. The zero-order chi connectivity index (χ0) is 25.6. The summed E-state index contributed by atoms with van der Waals surface area (Å²) in [5.74, 6) is 0.378. The van der Waals surface area contributed by atoms with Gasteiger partial charge in [0.2, 0.25) is 5.91 Å². The van der Waals surface area contributed by atoms with Crippen molar-refractivity contribution in [3.05, 3.63) is 102 Å². The minimum Gasteiger partial charge on any atom is -0.497 e. The molecule has 1 aliphatic rings. The van der Waals surface area contributed by atoms with Crippen LogP contribution in [0.1, 0.15) is 41.9 Å². The van der Waals surface area contributed by atoms with Crippen molar-refractivity contribution in [3.63, 3.8) is 0 Å². The Balaban J connectivity index is 1.43. The standard InChI is InChI=1S/C31H34FN3O2/c1-37-26-14-8-23(9-15-26)21-35-22-29(27-6-2-3-7-30(27)35)28(24-10-12-25(32)13-11-24)20-31(36)33-16-19-34-17-4-5-18-34/h2-3,6-15,22,28H,4-5,16-21H2,1H3,(H,33,36)/t28-/m1/s1. The van der Waals surface area contributed by atoms with Crippen LogP contribution in [0.2, 0.25) is 0 Å². The number of carbonyl (C=O) groups excluding carboxylic acids is 1. The number of hydrogen-bond acceptors (Lipinski definition) is 3. The second kappa shape index (κ2) is 11.6. The van der Waals surface area contributed by atoms with Crippen molar-refractivity contribution in [2.45, 2.75) is 31.7 Å². The topological polar surface area (TPSA) is 46.5 Å². The number of ether oxygens (including phenoxy) is 1. The predicted octanol–water partition coefficient (Wildman–Crippen LogP) is 5.57. The Bertz CT molecular complexity index is 1330. The van der Waals surface area contributed by atoms with Crippen molar-refractivity contribution in [1.29, 1.82) is 0 Å². The molecule has 2 heterocycles. The molecule has 5 rings (SSSR count). The van der Waals surface area contributed by atoms with Gasteiger partial charge in [-0.15, -0.1) is 0 Å². The number of rotatable bonds is 10. The first-order chi connectivity index (χ1) is 18.1. The van der Waals surface area contributed by atoms with E-state index in [2.05, 4.69) is 45.2 Å². The zero-order valence-electron chi connectivity index (χ0n) is 21.3. The molecule has 0 aliphatic carbocycles. The first-order valence-corrected chi connectivity index (χ1v) is 13.1. The van der Waals surface area contributed by atoms with Gasteiger partial charge in [0.05, 0.1) is 7.11 Å². The van der Waals surface area contributed by atoms with Crippen LogP contribution in [0.15, 0.2) is 79.0 Å². The van der Waals surface area contributed by atoms with E-state index in [9.17, 15) is 9.18 Å². The highest BCUT2D eigenvalue weighted by atomic mass is 19.1. The maximum atomic E-state index is 13.8.